The molecule has 2 rings (SSSR count). The fourth-order valence-corrected chi connectivity index (χ4v) is 2.08. The molecule has 1 atom stereocenters. The van der Waals surface area contributed by atoms with Crippen molar-refractivity contribution in [3.05, 3.63) is 53.7 Å². The van der Waals surface area contributed by atoms with E-state index < -0.39 is 0 Å². The summed E-state index contributed by atoms with van der Waals surface area (Å²) in [5, 5.41) is 0. The highest BCUT2D eigenvalue weighted by Crippen LogP contribution is 2.24. The van der Waals surface area contributed by atoms with Gasteiger partial charge < -0.3 is 10.6 Å². The van der Waals surface area contributed by atoms with Crippen molar-refractivity contribution >= 4 is 0 Å². The van der Waals surface area contributed by atoms with Crippen LogP contribution in [0.25, 0.3) is 11.3 Å². The second-order valence-corrected chi connectivity index (χ2v) is 4.98. The van der Waals surface area contributed by atoms with Crippen LogP contribution in [0.2, 0.25) is 0 Å². The molecule has 1 heterocycles. The van der Waals surface area contributed by atoms with Gasteiger partial charge in [0.15, 0.2) is 0 Å². The number of rotatable bonds is 4. The molecule has 0 aliphatic rings. The van der Waals surface area contributed by atoms with E-state index in [1.807, 2.05) is 18.3 Å². The van der Waals surface area contributed by atoms with Crippen LogP contribution in [-0.2, 0) is 6.54 Å². The molecule has 1 unspecified atom stereocenters. The third-order valence-corrected chi connectivity index (χ3v) is 3.55. The summed E-state index contributed by atoms with van der Waals surface area (Å²) in [5.74, 6) is 0. The summed E-state index contributed by atoms with van der Waals surface area (Å²) in [7, 11) is 4.17. The van der Waals surface area contributed by atoms with E-state index >= 15 is 0 Å². The summed E-state index contributed by atoms with van der Waals surface area (Å²) in [6, 6.07) is 12.9. The van der Waals surface area contributed by atoms with Crippen molar-refractivity contribution in [3.63, 3.8) is 0 Å². The van der Waals surface area contributed by atoms with Crippen LogP contribution in [0, 0.1) is 0 Å². The SMILES string of the molecule is CC(c1ccc(-c2ncccc2CN)cc1)N(C)C. The maximum atomic E-state index is 5.76. The largest absolute Gasteiger partial charge is 0.326 e. The van der Waals surface area contributed by atoms with Gasteiger partial charge in [-0.05, 0) is 38.2 Å². The zero-order chi connectivity index (χ0) is 13.8. The van der Waals surface area contributed by atoms with E-state index in [9.17, 15) is 0 Å². The molecule has 2 N–H and O–H groups in total. The van der Waals surface area contributed by atoms with Gasteiger partial charge in [0.1, 0.15) is 0 Å². The lowest BCUT2D eigenvalue weighted by atomic mass is 10.0. The number of benzene rings is 1. The molecule has 0 fully saturated rings. The van der Waals surface area contributed by atoms with E-state index in [0.717, 1.165) is 16.8 Å². The molecule has 0 saturated carbocycles. The van der Waals surface area contributed by atoms with Crippen LogP contribution in [0.3, 0.4) is 0 Å². The Labute approximate surface area is 115 Å². The van der Waals surface area contributed by atoms with Crippen molar-refractivity contribution in [1.82, 2.24) is 9.88 Å². The van der Waals surface area contributed by atoms with Gasteiger partial charge in [-0.15, -0.1) is 0 Å². The molecular weight excluding hydrogens is 234 g/mol. The van der Waals surface area contributed by atoms with Crippen molar-refractivity contribution in [1.29, 1.82) is 0 Å². The number of hydrogen-bond acceptors (Lipinski definition) is 3. The quantitative estimate of drug-likeness (QED) is 0.913. The Balaban J connectivity index is 2.32. The molecule has 2 aromatic rings. The highest BCUT2D eigenvalue weighted by atomic mass is 15.1. The number of aromatic nitrogens is 1. The van der Waals surface area contributed by atoms with E-state index in [1.165, 1.54) is 5.56 Å². The normalized spacial score (nSPS) is 12.7. The average Bonchev–Trinajstić information content (AvgIpc) is 2.46. The Kier molecular flexibility index (Phi) is 4.30. The zero-order valence-corrected chi connectivity index (χ0v) is 11.8. The van der Waals surface area contributed by atoms with Crippen LogP contribution in [0.4, 0.5) is 0 Å². The lowest BCUT2D eigenvalue weighted by Gasteiger charge is -2.20. The van der Waals surface area contributed by atoms with Crippen LogP contribution < -0.4 is 5.73 Å². The van der Waals surface area contributed by atoms with E-state index in [1.54, 1.807) is 0 Å². The minimum absolute atomic E-state index is 0.409. The second-order valence-electron chi connectivity index (χ2n) is 4.98. The molecule has 1 aromatic heterocycles. The third kappa shape index (κ3) is 3.00. The summed E-state index contributed by atoms with van der Waals surface area (Å²) in [5.41, 5.74) is 10.2. The smallest absolute Gasteiger partial charge is 0.0746 e. The fourth-order valence-electron chi connectivity index (χ4n) is 2.08. The third-order valence-electron chi connectivity index (χ3n) is 3.55. The molecular formula is C16H21N3. The van der Waals surface area contributed by atoms with Crippen molar-refractivity contribution in [2.24, 2.45) is 5.73 Å². The number of nitrogens with zero attached hydrogens (tertiary/aromatic N) is 2. The van der Waals surface area contributed by atoms with Crippen LogP contribution in [0.1, 0.15) is 24.1 Å². The lowest BCUT2D eigenvalue weighted by Crippen LogP contribution is -2.16. The van der Waals surface area contributed by atoms with E-state index in [2.05, 4.69) is 55.2 Å². The van der Waals surface area contributed by atoms with Gasteiger partial charge in [-0.1, -0.05) is 30.3 Å². The van der Waals surface area contributed by atoms with Crippen molar-refractivity contribution in [3.8, 4) is 11.3 Å². The number of hydrogen-bond donors (Lipinski definition) is 1. The van der Waals surface area contributed by atoms with Gasteiger partial charge in [-0.25, -0.2) is 0 Å². The molecule has 100 valence electrons. The maximum absolute atomic E-state index is 5.76. The zero-order valence-electron chi connectivity index (χ0n) is 11.8. The summed E-state index contributed by atoms with van der Waals surface area (Å²) in [4.78, 5) is 6.63. The Hall–Kier alpha value is -1.71. The Morgan fingerprint density at radius 2 is 1.84 bits per heavy atom. The summed E-state index contributed by atoms with van der Waals surface area (Å²) >= 11 is 0. The van der Waals surface area contributed by atoms with Gasteiger partial charge in [0, 0.05) is 24.3 Å². The van der Waals surface area contributed by atoms with Crippen molar-refractivity contribution < 1.29 is 0 Å². The van der Waals surface area contributed by atoms with Gasteiger partial charge >= 0.3 is 0 Å². The molecule has 0 amide bonds. The molecule has 0 radical (unpaired) electrons. The average molecular weight is 255 g/mol. The van der Waals surface area contributed by atoms with E-state index in [0.29, 0.717) is 12.6 Å². The van der Waals surface area contributed by atoms with Crippen LogP contribution in [0.15, 0.2) is 42.6 Å². The molecule has 0 bridgehead atoms. The first-order valence-corrected chi connectivity index (χ1v) is 6.54. The van der Waals surface area contributed by atoms with Crippen LogP contribution >= 0.6 is 0 Å². The summed E-state index contributed by atoms with van der Waals surface area (Å²) in [6.07, 6.45) is 1.81. The first kappa shape index (κ1) is 13.7. The predicted octanol–water partition coefficient (Wildman–Crippen LogP) is 2.83. The Morgan fingerprint density at radius 3 is 2.42 bits per heavy atom. The maximum Gasteiger partial charge on any atom is 0.0746 e. The van der Waals surface area contributed by atoms with Gasteiger partial charge in [0.25, 0.3) is 0 Å². The Bertz CT molecular complexity index is 532. The van der Waals surface area contributed by atoms with Crippen LogP contribution in [-0.4, -0.2) is 24.0 Å². The minimum Gasteiger partial charge on any atom is -0.326 e. The molecule has 1 aromatic carbocycles. The molecule has 0 aliphatic heterocycles. The first-order valence-electron chi connectivity index (χ1n) is 6.54. The molecule has 0 aliphatic carbocycles. The summed E-state index contributed by atoms with van der Waals surface area (Å²) in [6.45, 7) is 2.71. The predicted molar refractivity (Wildman–Crippen MR) is 79.7 cm³/mol. The van der Waals surface area contributed by atoms with Crippen molar-refractivity contribution in [2.75, 3.05) is 14.1 Å². The first-order chi connectivity index (χ1) is 9.13. The Morgan fingerprint density at radius 1 is 1.16 bits per heavy atom. The van der Waals surface area contributed by atoms with Gasteiger partial charge in [0.2, 0.25) is 0 Å². The molecule has 0 saturated heterocycles. The van der Waals surface area contributed by atoms with Gasteiger partial charge in [-0.3, -0.25) is 4.98 Å². The molecule has 0 spiro atoms. The van der Waals surface area contributed by atoms with E-state index in [4.69, 9.17) is 5.73 Å². The standard InChI is InChI=1S/C16H21N3/c1-12(19(2)3)13-6-8-14(9-7-13)16-15(11-17)5-4-10-18-16/h4-10,12H,11,17H2,1-3H3. The van der Waals surface area contributed by atoms with Gasteiger partial charge in [0.05, 0.1) is 5.69 Å². The summed E-state index contributed by atoms with van der Waals surface area (Å²) < 4.78 is 0. The van der Waals surface area contributed by atoms with Crippen molar-refractivity contribution in [2.45, 2.75) is 19.5 Å². The molecule has 3 heteroatoms. The highest BCUT2D eigenvalue weighted by molar-refractivity contribution is 5.63. The van der Waals surface area contributed by atoms with Gasteiger partial charge in [-0.2, -0.15) is 0 Å². The topological polar surface area (TPSA) is 42.1 Å². The monoisotopic (exact) mass is 255 g/mol. The molecule has 3 nitrogen and oxygen atoms in total. The minimum atomic E-state index is 0.409. The lowest BCUT2D eigenvalue weighted by molar-refractivity contribution is 0.321. The van der Waals surface area contributed by atoms with E-state index in [-0.39, 0.29) is 0 Å². The number of nitrogens with two attached hydrogens (primary N) is 1. The van der Waals surface area contributed by atoms with Crippen LogP contribution in [0.5, 0.6) is 0 Å². The fraction of sp³-hybridized carbons (Fsp3) is 0.312. The molecule has 19 heavy (non-hydrogen) atoms. The highest BCUT2D eigenvalue weighted by Gasteiger charge is 2.09. The second kappa shape index (κ2) is 5.95. The number of pyridine rings is 1.